The maximum absolute atomic E-state index is 6.00. The summed E-state index contributed by atoms with van der Waals surface area (Å²) in [6, 6.07) is 10.4. The average Bonchev–Trinajstić information content (AvgIpc) is 2.91. The van der Waals surface area contributed by atoms with E-state index in [9.17, 15) is 0 Å². The van der Waals surface area contributed by atoms with Crippen LogP contribution in [0.3, 0.4) is 0 Å². The molecule has 0 bridgehead atoms. The number of benzene rings is 1. The SMILES string of the molecule is CCC1CCCC(C(NN)c2cc3ccccc3o2)C1. The summed E-state index contributed by atoms with van der Waals surface area (Å²) in [4.78, 5) is 0. The van der Waals surface area contributed by atoms with E-state index in [0.717, 1.165) is 22.6 Å². The Labute approximate surface area is 120 Å². The van der Waals surface area contributed by atoms with Gasteiger partial charge < -0.3 is 4.42 Å². The second-order valence-corrected chi connectivity index (χ2v) is 6.03. The van der Waals surface area contributed by atoms with Crippen molar-refractivity contribution in [2.24, 2.45) is 17.7 Å². The Kier molecular flexibility index (Phi) is 4.08. The molecule has 1 aliphatic rings. The molecule has 0 saturated heterocycles. The van der Waals surface area contributed by atoms with Gasteiger partial charge in [0.25, 0.3) is 0 Å². The fourth-order valence-electron chi connectivity index (χ4n) is 3.61. The summed E-state index contributed by atoms with van der Waals surface area (Å²) in [5, 5.41) is 1.16. The number of rotatable bonds is 4. The molecular formula is C17H24N2O. The van der Waals surface area contributed by atoms with E-state index in [-0.39, 0.29) is 6.04 Å². The highest BCUT2D eigenvalue weighted by molar-refractivity contribution is 5.77. The van der Waals surface area contributed by atoms with Crippen LogP contribution in [0.15, 0.2) is 34.7 Å². The van der Waals surface area contributed by atoms with Gasteiger partial charge in [-0.15, -0.1) is 0 Å². The average molecular weight is 272 g/mol. The van der Waals surface area contributed by atoms with Crippen molar-refractivity contribution in [3.05, 3.63) is 36.1 Å². The third-order valence-electron chi connectivity index (χ3n) is 4.80. The van der Waals surface area contributed by atoms with Crippen LogP contribution < -0.4 is 11.3 Å². The summed E-state index contributed by atoms with van der Waals surface area (Å²) in [7, 11) is 0. The molecule has 0 radical (unpaired) electrons. The summed E-state index contributed by atoms with van der Waals surface area (Å²) in [6.07, 6.45) is 6.44. The van der Waals surface area contributed by atoms with E-state index in [1.165, 1.54) is 32.1 Å². The molecule has 1 aliphatic carbocycles. The van der Waals surface area contributed by atoms with Crippen LogP contribution in [-0.4, -0.2) is 0 Å². The van der Waals surface area contributed by atoms with Crippen molar-refractivity contribution in [2.75, 3.05) is 0 Å². The topological polar surface area (TPSA) is 51.2 Å². The van der Waals surface area contributed by atoms with E-state index in [1.54, 1.807) is 0 Å². The predicted octanol–water partition coefficient (Wildman–Crippen LogP) is 4.15. The number of hydrogen-bond donors (Lipinski definition) is 2. The first-order valence-electron chi connectivity index (χ1n) is 7.76. The first-order chi connectivity index (χ1) is 9.81. The van der Waals surface area contributed by atoms with Gasteiger partial charge in [0, 0.05) is 5.39 Å². The largest absolute Gasteiger partial charge is 0.459 e. The molecule has 1 saturated carbocycles. The fourth-order valence-corrected chi connectivity index (χ4v) is 3.61. The zero-order valence-electron chi connectivity index (χ0n) is 12.1. The second kappa shape index (κ2) is 5.98. The van der Waals surface area contributed by atoms with Crippen molar-refractivity contribution in [3.63, 3.8) is 0 Å². The lowest BCUT2D eigenvalue weighted by Gasteiger charge is -2.33. The third-order valence-corrected chi connectivity index (χ3v) is 4.80. The molecule has 3 N–H and O–H groups in total. The van der Waals surface area contributed by atoms with Gasteiger partial charge in [-0.1, -0.05) is 44.4 Å². The standard InChI is InChI=1S/C17H24N2O/c1-2-12-6-5-8-14(10-12)17(19-18)16-11-13-7-3-4-9-15(13)20-16/h3-4,7,9,11-12,14,17,19H,2,5-6,8,10,18H2,1H3. The van der Waals surface area contributed by atoms with Gasteiger partial charge in [-0.25, -0.2) is 5.43 Å². The van der Waals surface area contributed by atoms with Crippen LogP contribution in [0.25, 0.3) is 11.0 Å². The van der Waals surface area contributed by atoms with Crippen LogP contribution in [0.5, 0.6) is 0 Å². The number of nitrogens with one attached hydrogen (secondary N) is 1. The maximum Gasteiger partial charge on any atom is 0.134 e. The van der Waals surface area contributed by atoms with Crippen molar-refractivity contribution >= 4 is 11.0 Å². The monoisotopic (exact) mass is 272 g/mol. The molecule has 108 valence electrons. The Morgan fingerprint density at radius 3 is 2.95 bits per heavy atom. The molecule has 20 heavy (non-hydrogen) atoms. The Morgan fingerprint density at radius 2 is 2.20 bits per heavy atom. The summed E-state index contributed by atoms with van der Waals surface area (Å²) in [5.74, 6) is 8.24. The molecule has 0 aliphatic heterocycles. The van der Waals surface area contributed by atoms with Crippen LogP contribution in [0, 0.1) is 11.8 Å². The van der Waals surface area contributed by atoms with Crippen molar-refractivity contribution in [1.82, 2.24) is 5.43 Å². The van der Waals surface area contributed by atoms with E-state index in [0.29, 0.717) is 5.92 Å². The van der Waals surface area contributed by atoms with Crippen molar-refractivity contribution in [1.29, 1.82) is 0 Å². The van der Waals surface area contributed by atoms with Gasteiger partial charge in [-0.3, -0.25) is 5.84 Å². The summed E-state index contributed by atoms with van der Waals surface area (Å²) in [5.41, 5.74) is 3.95. The minimum Gasteiger partial charge on any atom is -0.459 e. The van der Waals surface area contributed by atoms with Gasteiger partial charge >= 0.3 is 0 Å². The molecular weight excluding hydrogens is 248 g/mol. The molecule has 2 aromatic rings. The second-order valence-electron chi connectivity index (χ2n) is 6.03. The highest BCUT2D eigenvalue weighted by atomic mass is 16.3. The summed E-state index contributed by atoms with van der Waals surface area (Å²) in [6.45, 7) is 2.29. The quantitative estimate of drug-likeness (QED) is 0.649. The third kappa shape index (κ3) is 2.60. The fraction of sp³-hybridized carbons (Fsp3) is 0.529. The first kappa shape index (κ1) is 13.7. The van der Waals surface area contributed by atoms with Gasteiger partial charge in [0.05, 0.1) is 6.04 Å². The number of para-hydroxylation sites is 1. The minimum atomic E-state index is 0.136. The Balaban J connectivity index is 1.85. The van der Waals surface area contributed by atoms with Crippen LogP contribution in [0.4, 0.5) is 0 Å². The van der Waals surface area contributed by atoms with Crippen molar-refractivity contribution < 1.29 is 4.42 Å². The lowest BCUT2D eigenvalue weighted by molar-refractivity contribution is 0.196. The highest BCUT2D eigenvalue weighted by Crippen LogP contribution is 2.39. The smallest absolute Gasteiger partial charge is 0.134 e. The molecule has 1 fully saturated rings. The molecule has 0 spiro atoms. The van der Waals surface area contributed by atoms with E-state index in [2.05, 4.69) is 24.5 Å². The number of furan rings is 1. The van der Waals surface area contributed by atoms with Crippen molar-refractivity contribution in [3.8, 4) is 0 Å². The summed E-state index contributed by atoms with van der Waals surface area (Å²) >= 11 is 0. The zero-order valence-corrected chi connectivity index (χ0v) is 12.1. The molecule has 1 heterocycles. The Hall–Kier alpha value is -1.32. The van der Waals surface area contributed by atoms with E-state index in [1.807, 2.05) is 18.2 Å². The molecule has 0 amide bonds. The van der Waals surface area contributed by atoms with Gasteiger partial charge in [0.15, 0.2) is 0 Å². The Bertz CT molecular complexity index is 530. The van der Waals surface area contributed by atoms with Crippen LogP contribution in [0.1, 0.15) is 50.8 Å². The van der Waals surface area contributed by atoms with E-state index < -0.39 is 0 Å². The van der Waals surface area contributed by atoms with Gasteiger partial charge in [0.1, 0.15) is 11.3 Å². The number of fused-ring (bicyclic) bond motifs is 1. The summed E-state index contributed by atoms with van der Waals surface area (Å²) < 4.78 is 6.00. The Morgan fingerprint density at radius 1 is 1.35 bits per heavy atom. The number of hydrogen-bond acceptors (Lipinski definition) is 3. The number of nitrogens with two attached hydrogens (primary N) is 1. The minimum absolute atomic E-state index is 0.136. The lowest BCUT2D eigenvalue weighted by atomic mass is 9.76. The molecule has 3 atom stereocenters. The van der Waals surface area contributed by atoms with E-state index in [4.69, 9.17) is 10.3 Å². The molecule has 3 heteroatoms. The predicted molar refractivity (Wildman–Crippen MR) is 82.0 cm³/mol. The van der Waals surface area contributed by atoms with Crippen LogP contribution in [-0.2, 0) is 0 Å². The van der Waals surface area contributed by atoms with Gasteiger partial charge in [-0.05, 0) is 36.8 Å². The van der Waals surface area contributed by atoms with E-state index >= 15 is 0 Å². The first-order valence-corrected chi connectivity index (χ1v) is 7.76. The van der Waals surface area contributed by atoms with Crippen molar-refractivity contribution in [2.45, 2.75) is 45.1 Å². The molecule has 3 unspecified atom stereocenters. The molecule has 1 aromatic heterocycles. The van der Waals surface area contributed by atoms with Gasteiger partial charge in [0.2, 0.25) is 0 Å². The molecule has 1 aromatic carbocycles. The normalized spacial score (nSPS) is 24.9. The van der Waals surface area contributed by atoms with Crippen LogP contribution >= 0.6 is 0 Å². The highest BCUT2D eigenvalue weighted by Gasteiger charge is 2.30. The lowest BCUT2D eigenvalue weighted by Crippen LogP contribution is -2.35. The van der Waals surface area contributed by atoms with Gasteiger partial charge in [-0.2, -0.15) is 0 Å². The molecule has 3 nitrogen and oxygen atoms in total. The number of hydrazine groups is 1. The molecule has 3 rings (SSSR count). The van der Waals surface area contributed by atoms with Crippen LogP contribution in [0.2, 0.25) is 0 Å². The maximum atomic E-state index is 6.00. The zero-order chi connectivity index (χ0) is 13.9.